The quantitative estimate of drug-likeness (QED) is 0.666. The van der Waals surface area contributed by atoms with E-state index in [4.69, 9.17) is 0 Å². The van der Waals surface area contributed by atoms with Crippen LogP contribution < -0.4 is 5.32 Å². The Hall–Kier alpha value is -1.36. The van der Waals surface area contributed by atoms with Crippen molar-refractivity contribution < 1.29 is 19.8 Å². The molecule has 1 amide bonds. The van der Waals surface area contributed by atoms with Crippen LogP contribution in [0.2, 0.25) is 0 Å². The van der Waals surface area contributed by atoms with Crippen LogP contribution in [-0.2, 0) is 9.59 Å². The summed E-state index contributed by atoms with van der Waals surface area (Å²) in [5.41, 5.74) is 0.338. The van der Waals surface area contributed by atoms with Crippen LogP contribution in [0.25, 0.3) is 0 Å². The first kappa shape index (κ1) is 18.4. The molecule has 0 saturated heterocycles. The monoisotopic (exact) mass is 349 g/mol. The maximum Gasteiger partial charge on any atom is 0.307 e. The van der Waals surface area contributed by atoms with Crippen molar-refractivity contribution in [1.82, 2.24) is 5.32 Å². The number of carboxylic acid groups (broad SMARTS) is 1. The van der Waals surface area contributed by atoms with Crippen LogP contribution in [0.15, 0.2) is 11.8 Å². The number of amides is 1. The lowest BCUT2D eigenvalue weighted by molar-refractivity contribution is -0.155. The van der Waals surface area contributed by atoms with E-state index >= 15 is 0 Å². The molecule has 2 saturated carbocycles. The van der Waals surface area contributed by atoms with Crippen molar-refractivity contribution in [2.75, 3.05) is 0 Å². The van der Waals surface area contributed by atoms with E-state index in [0.717, 1.165) is 37.8 Å². The number of aliphatic carboxylic acids is 1. The maximum absolute atomic E-state index is 11.8. The molecule has 0 aliphatic heterocycles. The predicted molar refractivity (Wildman–Crippen MR) is 94.5 cm³/mol. The predicted octanol–water partition coefficient (Wildman–Crippen LogP) is 2.94. The molecule has 0 aromatic carbocycles. The molecular formula is C20H31NO4. The van der Waals surface area contributed by atoms with Gasteiger partial charge >= 0.3 is 5.97 Å². The summed E-state index contributed by atoms with van der Waals surface area (Å²) in [7, 11) is 0. The van der Waals surface area contributed by atoms with Gasteiger partial charge in [-0.1, -0.05) is 33.3 Å². The van der Waals surface area contributed by atoms with Gasteiger partial charge in [-0.2, -0.15) is 0 Å². The number of hydrogen-bond donors (Lipinski definition) is 3. The van der Waals surface area contributed by atoms with Crippen LogP contribution in [0, 0.1) is 34.5 Å². The van der Waals surface area contributed by atoms with Crippen molar-refractivity contribution in [2.24, 2.45) is 34.5 Å². The first-order valence-corrected chi connectivity index (χ1v) is 9.61. The number of aliphatic hydroxyl groups excluding tert-OH is 1. The molecule has 3 N–H and O–H groups in total. The highest BCUT2D eigenvalue weighted by Gasteiger charge is 2.62. The van der Waals surface area contributed by atoms with Crippen molar-refractivity contribution in [2.45, 2.75) is 65.4 Å². The van der Waals surface area contributed by atoms with Crippen LogP contribution in [-0.4, -0.2) is 28.7 Å². The number of nitrogens with one attached hydrogen (secondary N) is 1. The minimum Gasteiger partial charge on any atom is -0.481 e. The summed E-state index contributed by atoms with van der Waals surface area (Å²) in [6.45, 7) is 6.36. The molecule has 3 aliphatic carbocycles. The molecule has 25 heavy (non-hydrogen) atoms. The fraction of sp³-hybridized carbons (Fsp3) is 0.800. The van der Waals surface area contributed by atoms with Crippen molar-refractivity contribution in [1.29, 1.82) is 0 Å². The lowest BCUT2D eigenvalue weighted by Crippen LogP contribution is -2.57. The van der Waals surface area contributed by atoms with Gasteiger partial charge in [0.1, 0.15) is 0 Å². The van der Waals surface area contributed by atoms with E-state index in [2.05, 4.69) is 32.2 Å². The molecule has 0 heterocycles. The molecule has 3 rings (SSSR count). The lowest BCUT2D eigenvalue weighted by Gasteiger charge is -2.57. The van der Waals surface area contributed by atoms with E-state index < -0.39 is 12.1 Å². The van der Waals surface area contributed by atoms with Gasteiger partial charge < -0.3 is 15.5 Å². The van der Waals surface area contributed by atoms with Gasteiger partial charge in [0, 0.05) is 11.1 Å². The fourth-order valence-corrected chi connectivity index (χ4v) is 6.76. The first-order valence-electron chi connectivity index (χ1n) is 9.61. The number of allylic oxidation sites excluding steroid dienone is 2. The minimum absolute atomic E-state index is 0.0746. The van der Waals surface area contributed by atoms with E-state index in [1.54, 1.807) is 0 Å². The molecular weight excluding hydrogens is 318 g/mol. The van der Waals surface area contributed by atoms with E-state index in [0.29, 0.717) is 18.8 Å². The zero-order chi connectivity index (χ0) is 18.4. The number of carbonyl (C=O) groups excluding carboxylic acids is 1. The topological polar surface area (TPSA) is 86.6 Å². The van der Waals surface area contributed by atoms with Crippen LogP contribution in [0.5, 0.6) is 0 Å². The van der Waals surface area contributed by atoms with Gasteiger partial charge in [0.15, 0.2) is 0 Å². The normalized spacial score (nSPS) is 45.9. The van der Waals surface area contributed by atoms with Gasteiger partial charge in [0.2, 0.25) is 6.41 Å². The standard InChI is InChI=1S/C20H31NO4/c1-4-9-19(2)16(21-11-22)8-5-12-13-6-7-14(18(24)25)20(13,3)10-15(23)17(12)19/h8,11-15,17,23H,4-7,9-10H2,1-3H3,(H,21,22)(H,24,25). The SMILES string of the molecule is CCCC1(C)C(NC=O)=CCC2C1C(O)CC1(C)C(C(=O)O)CCC21. The minimum atomic E-state index is -0.721. The number of carbonyl (C=O) groups is 2. The summed E-state index contributed by atoms with van der Waals surface area (Å²) >= 11 is 0. The molecule has 5 heteroatoms. The maximum atomic E-state index is 11.8. The number of carboxylic acids is 1. The van der Waals surface area contributed by atoms with Crippen LogP contribution >= 0.6 is 0 Å². The molecule has 0 spiro atoms. The summed E-state index contributed by atoms with van der Waals surface area (Å²) in [6.07, 6.45) is 7.20. The van der Waals surface area contributed by atoms with Crippen molar-refractivity contribution in [3.05, 3.63) is 11.8 Å². The first-order chi connectivity index (χ1) is 11.8. The van der Waals surface area contributed by atoms with E-state index in [1.165, 1.54) is 0 Å². The second-order valence-corrected chi connectivity index (χ2v) is 8.82. The Balaban J connectivity index is 2.01. The van der Waals surface area contributed by atoms with Gasteiger partial charge in [0.25, 0.3) is 0 Å². The molecule has 3 aliphatic rings. The highest BCUT2D eigenvalue weighted by Crippen LogP contribution is 2.64. The van der Waals surface area contributed by atoms with Gasteiger partial charge in [-0.15, -0.1) is 0 Å². The Bertz CT molecular complexity index is 588. The van der Waals surface area contributed by atoms with Gasteiger partial charge in [-0.05, 0) is 55.3 Å². The van der Waals surface area contributed by atoms with Crippen LogP contribution in [0.1, 0.15) is 59.3 Å². The number of rotatable bonds is 5. The number of aliphatic hydroxyl groups is 1. The lowest BCUT2D eigenvalue weighted by atomic mass is 9.48. The van der Waals surface area contributed by atoms with Gasteiger partial charge in [0.05, 0.1) is 12.0 Å². The molecule has 0 bridgehead atoms. The Labute approximate surface area is 149 Å². The smallest absolute Gasteiger partial charge is 0.307 e. The van der Waals surface area contributed by atoms with Crippen molar-refractivity contribution in [3.63, 3.8) is 0 Å². The fourth-order valence-electron chi connectivity index (χ4n) is 6.76. The van der Waals surface area contributed by atoms with E-state index in [-0.39, 0.29) is 28.6 Å². The zero-order valence-electron chi connectivity index (χ0n) is 15.5. The molecule has 5 nitrogen and oxygen atoms in total. The van der Waals surface area contributed by atoms with Gasteiger partial charge in [-0.25, -0.2) is 0 Å². The number of hydrogen-bond acceptors (Lipinski definition) is 3. The third-order valence-corrected chi connectivity index (χ3v) is 7.68. The number of fused-ring (bicyclic) bond motifs is 3. The summed E-state index contributed by atoms with van der Waals surface area (Å²) in [5, 5.41) is 23.7. The Morgan fingerprint density at radius 1 is 1.40 bits per heavy atom. The Morgan fingerprint density at radius 2 is 2.12 bits per heavy atom. The molecule has 0 radical (unpaired) electrons. The van der Waals surface area contributed by atoms with E-state index in [1.807, 2.05) is 0 Å². The van der Waals surface area contributed by atoms with Crippen molar-refractivity contribution in [3.8, 4) is 0 Å². The zero-order valence-corrected chi connectivity index (χ0v) is 15.5. The largest absolute Gasteiger partial charge is 0.481 e. The van der Waals surface area contributed by atoms with E-state index in [9.17, 15) is 19.8 Å². The second-order valence-electron chi connectivity index (χ2n) is 8.82. The van der Waals surface area contributed by atoms with Crippen molar-refractivity contribution >= 4 is 12.4 Å². The molecule has 7 unspecified atom stereocenters. The highest BCUT2D eigenvalue weighted by atomic mass is 16.4. The molecule has 2 fully saturated rings. The average molecular weight is 349 g/mol. The third kappa shape index (κ3) is 2.62. The molecule has 7 atom stereocenters. The summed E-state index contributed by atoms with van der Waals surface area (Å²) in [5.74, 6) is -0.393. The summed E-state index contributed by atoms with van der Waals surface area (Å²) < 4.78 is 0. The van der Waals surface area contributed by atoms with Crippen LogP contribution in [0.3, 0.4) is 0 Å². The highest BCUT2D eigenvalue weighted by molar-refractivity contribution is 5.71. The Morgan fingerprint density at radius 3 is 2.72 bits per heavy atom. The summed E-state index contributed by atoms with van der Waals surface area (Å²) in [6, 6.07) is 0. The molecule has 140 valence electrons. The second kappa shape index (κ2) is 6.42. The van der Waals surface area contributed by atoms with Gasteiger partial charge in [-0.3, -0.25) is 9.59 Å². The van der Waals surface area contributed by atoms with Crippen LogP contribution in [0.4, 0.5) is 0 Å². The average Bonchev–Trinajstić information content (AvgIpc) is 2.87. The summed E-state index contributed by atoms with van der Waals surface area (Å²) in [4.78, 5) is 22.8. The molecule has 0 aromatic heterocycles. The Kier molecular flexibility index (Phi) is 4.73. The molecule has 0 aromatic rings. The third-order valence-electron chi connectivity index (χ3n) is 7.68.